The van der Waals surface area contributed by atoms with Crippen LogP contribution in [-0.2, 0) is 24.9 Å². The van der Waals surface area contributed by atoms with E-state index in [1.807, 2.05) is 47.7 Å². The molecule has 2 aromatic rings. The zero-order chi connectivity index (χ0) is 18.5. The van der Waals surface area contributed by atoms with Crippen LogP contribution in [0, 0.1) is 6.92 Å². The second-order valence-corrected chi connectivity index (χ2v) is 6.32. The Morgan fingerprint density at radius 3 is 2.50 bits per heavy atom. The third-order valence-electron chi connectivity index (χ3n) is 4.60. The quantitative estimate of drug-likeness (QED) is 0.620. The SMILES string of the molecule is CN=C(NCc1ccc(N2CCCC2=O)cc1)NCc1nnc(C)n1C. The van der Waals surface area contributed by atoms with E-state index in [0.29, 0.717) is 25.5 Å². The van der Waals surface area contributed by atoms with Gasteiger partial charge in [0.1, 0.15) is 5.82 Å². The maximum absolute atomic E-state index is 11.8. The summed E-state index contributed by atoms with van der Waals surface area (Å²) in [6, 6.07) is 8.07. The van der Waals surface area contributed by atoms with Crippen LogP contribution in [0.25, 0.3) is 0 Å². The van der Waals surface area contributed by atoms with Crippen LogP contribution in [0.5, 0.6) is 0 Å². The number of benzene rings is 1. The fourth-order valence-corrected chi connectivity index (χ4v) is 2.89. The molecule has 1 aliphatic heterocycles. The molecule has 26 heavy (non-hydrogen) atoms. The second kappa shape index (κ2) is 7.99. The van der Waals surface area contributed by atoms with Gasteiger partial charge in [0, 0.05) is 39.3 Å². The first-order chi connectivity index (χ1) is 12.6. The van der Waals surface area contributed by atoms with E-state index in [1.54, 1.807) is 7.05 Å². The van der Waals surface area contributed by atoms with Crippen LogP contribution in [-0.4, -0.2) is 40.2 Å². The molecule has 3 rings (SSSR count). The van der Waals surface area contributed by atoms with Gasteiger partial charge in [0.15, 0.2) is 11.8 Å². The normalized spacial score (nSPS) is 14.8. The maximum Gasteiger partial charge on any atom is 0.227 e. The van der Waals surface area contributed by atoms with Gasteiger partial charge in [-0.2, -0.15) is 0 Å². The molecule has 1 aliphatic rings. The van der Waals surface area contributed by atoms with Crippen LogP contribution >= 0.6 is 0 Å². The number of amides is 1. The molecule has 0 aliphatic carbocycles. The fraction of sp³-hybridized carbons (Fsp3) is 0.444. The van der Waals surface area contributed by atoms with E-state index in [1.165, 1.54) is 0 Å². The number of hydrogen-bond acceptors (Lipinski definition) is 4. The Balaban J connectivity index is 1.52. The number of hydrogen-bond donors (Lipinski definition) is 2. The number of aryl methyl sites for hydroxylation is 1. The predicted octanol–water partition coefficient (Wildman–Crippen LogP) is 1.12. The van der Waals surface area contributed by atoms with E-state index in [4.69, 9.17) is 0 Å². The lowest BCUT2D eigenvalue weighted by molar-refractivity contribution is -0.117. The van der Waals surface area contributed by atoms with Crippen LogP contribution in [0.15, 0.2) is 29.3 Å². The topological polar surface area (TPSA) is 87.4 Å². The number of carbonyl (C=O) groups excluding carboxylic acids is 1. The van der Waals surface area contributed by atoms with Gasteiger partial charge in [-0.1, -0.05) is 12.1 Å². The molecule has 1 aromatic heterocycles. The van der Waals surface area contributed by atoms with Gasteiger partial charge in [-0.05, 0) is 31.0 Å². The number of nitrogens with one attached hydrogen (secondary N) is 2. The van der Waals surface area contributed by atoms with Crippen molar-refractivity contribution in [3.8, 4) is 0 Å². The number of aromatic nitrogens is 3. The zero-order valence-corrected chi connectivity index (χ0v) is 15.5. The summed E-state index contributed by atoms with van der Waals surface area (Å²) in [7, 11) is 3.68. The van der Waals surface area contributed by atoms with Crippen molar-refractivity contribution in [3.63, 3.8) is 0 Å². The minimum atomic E-state index is 0.208. The summed E-state index contributed by atoms with van der Waals surface area (Å²) < 4.78 is 1.94. The summed E-state index contributed by atoms with van der Waals surface area (Å²) in [5.74, 6) is 2.63. The standard InChI is InChI=1S/C18H25N7O/c1-13-22-23-16(24(13)3)12-21-18(19-2)20-11-14-6-8-15(9-7-14)25-10-4-5-17(25)26/h6-9H,4-5,10-12H2,1-3H3,(H2,19,20,21). The highest BCUT2D eigenvalue weighted by atomic mass is 16.2. The van der Waals surface area contributed by atoms with Crippen molar-refractivity contribution >= 4 is 17.6 Å². The molecular weight excluding hydrogens is 330 g/mol. The van der Waals surface area contributed by atoms with Gasteiger partial charge in [-0.25, -0.2) is 0 Å². The van der Waals surface area contributed by atoms with Crippen molar-refractivity contribution in [1.82, 2.24) is 25.4 Å². The third kappa shape index (κ3) is 4.01. The van der Waals surface area contributed by atoms with Gasteiger partial charge in [0.05, 0.1) is 6.54 Å². The highest BCUT2D eigenvalue weighted by Gasteiger charge is 2.21. The third-order valence-corrected chi connectivity index (χ3v) is 4.60. The molecule has 0 bridgehead atoms. The monoisotopic (exact) mass is 355 g/mol. The first-order valence-electron chi connectivity index (χ1n) is 8.77. The smallest absolute Gasteiger partial charge is 0.227 e. The summed E-state index contributed by atoms with van der Waals surface area (Å²) in [5.41, 5.74) is 2.09. The molecule has 8 heteroatoms. The molecule has 138 valence electrons. The van der Waals surface area contributed by atoms with Crippen LogP contribution in [0.2, 0.25) is 0 Å². The summed E-state index contributed by atoms with van der Waals surface area (Å²) >= 11 is 0. The zero-order valence-electron chi connectivity index (χ0n) is 15.5. The van der Waals surface area contributed by atoms with E-state index >= 15 is 0 Å². The summed E-state index contributed by atoms with van der Waals surface area (Å²) in [4.78, 5) is 17.9. The van der Waals surface area contributed by atoms with E-state index < -0.39 is 0 Å². The van der Waals surface area contributed by atoms with Crippen LogP contribution < -0.4 is 15.5 Å². The van der Waals surface area contributed by atoms with Crippen LogP contribution in [0.1, 0.15) is 30.1 Å². The minimum absolute atomic E-state index is 0.208. The van der Waals surface area contributed by atoms with E-state index in [9.17, 15) is 4.79 Å². The van der Waals surface area contributed by atoms with Gasteiger partial charge >= 0.3 is 0 Å². The Hall–Kier alpha value is -2.90. The second-order valence-electron chi connectivity index (χ2n) is 6.32. The van der Waals surface area contributed by atoms with Gasteiger partial charge in [0.2, 0.25) is 5.91 Å². The van der Waals surface area contributed by atoms with Crippen molar-refractivity contribution in [2.24, 2.45) is 12.0 Å². The minimum Gasteiger partial charge on any atom is -0.352 e. The molecule has 2 N–H and O–H groups in total. The first kappa shape index (κ1) is 17.9. The molecule has 0 unspecified atom stereocenters. The molecule has 0 saturated carbocycles. The predicted molar refractivity (Wildman–Crippen MR) is 101 cm³/mol. The average Bonchev–Trinajstić information content (AvgIpc) is 3.22. The fourth-order valence-electron chi connectivity index (χ4n) is 2.89. The largest absolute Gasteiger partial charge is 0.352 e. The molecule has 1 aromatic carbocycles. The van der Waals surface area contributed by atoms with Crippen LogP contribution in [0.3, 0.4) is 0 Å². The number of nitrogens with zero attached hydrogens (tertiary/aromatic N) is 5. The van der Waals surface area contributed by atoms with Crippen molar-refractivity contribution in [3.05, 3.63) is 41.5 Å². The Bertz CT molecular complexity index is 794. The number of anilines is 1. The lowest BCUT2D eigenvalue weighted by atomic mass is 10.2. The van der Waals surface area contributed by atoms with E-state index in [-0.39, 0.29) is 5.91 Å². The maximum atomic E-state index is 11.8. The number of aliphatic imine (C=N–C) groups is 1. The molecule has 1 amide bonds. The van der Waals surface area contributed by atoms with Gasteiger partial charge in [-0.3, -0.25) is 9.79 Å². The summed E-state index contributed by atoms with van der Waals surface area (Å²) in [5, 5.41) is 14.7. The van der Waals surface area contributed by atoms with Gasteiger partial charge < -0.3 is 20.1 Å². The Kier molecular flexibility index (Phi) is 5.50. The Morgan fingerprint density at radius 1 is 1.19 bits per heavy atom. The van der Waals surface area contributed by atoms with Gasteiger partial charge in [-0.15, -0.1) is 10.2 Å². The molecule has 0 radical (unpaired) electrons. The summed E-state index contributed by atoms with van der Waals surface area (Å²) in [6.07, 6.45) is 1.59. The van der Waals surface area contributed by atoms with Crippen molar-refractivity contribution in [1.29, 1.82) is 0 Å². The first-order valence-corrected chi connectivity index (χ1v) is 8.77. The molecule has 8 nitrogen and oxygen atoms in total. The molecule has 0 spiro atoms. The van der Waals surface area contributed by atoms with Crippen molar-refractivity contribution in [2.75, 3.05) is 18.5 Å². The van der Waals surface area contributed by atoms with Crippen molar-refractivity contribution in [2.45, 2.75) is 32.9 Å². The average molecular weight is 355 g/mol. The van der Waals surface area contributed by atoms with Gasteiger partial charge in [0.25, 0.3) is 0 Å². The highest BCUT2D eigenvalue weighted by molar-refractivity contribution is 5.95. The highest BCUT2D eigenvalue weighted by Crippen LogP contribution is 2.21. The molecule has 1 saturated heterocycles. The molecule has 2 heterocycles. The van der Waals surface area contributed by atoms with E-state index in [2.05, 4.69) is 25.8 Å². The molecule has 0 atom stereocenters. The molecular formula is C18H25N7O. The summed E-state index contributed by atoms with van der Waals surface area (Å²) in [6.45, 7) is 3.93. The van der Waals surface area contributed by atoms with Crippen molar-refractivity contribution < 1.29 is 4.79 Å². The number of carbonyl (C=O) groups is 1. The lowest BCUT2D eigenvalue weighted by Crippen LogP contribution is -2.36. The Morgan fingerprint density at radius 2 is 1.92 bits per heavy atom. The number of rotatable bonds is 5. The lowest BCUT2D eigenvalue weighted by Gasteiger charge is -2.16. The Labute approximate surface area is 153 Å². The number of guanidine groups is 1. The molecule has 1 fully saturated rings. The van der Waals surface area contributed by atoms with E-state index in [0.717, 1.165) is 35.9 Å². The van der Waals surface area contributed by atoms with Crippen LogP contribution in [0.4, 0.5) is 5.69 Å².